The fraction of sp³-hybridized carbons (Fsp3) is 0.222. The Labute approximate surface area is 85.6 Å². The smallest absolute Gasteiger partial charge is 0.327 e. The summed E-state index contributed by atoms with van der Waals surface area (Å²) < 4.78 is 17.4. The van der Waals surface area contributed by atoms with Gasteiger partial charge in [0.2, 0.25) is 0 Å². The molecule has 2 N–H and O–H groups in total. The van der Waals surface area contributed by atoms with Gasteiger partial charge in [0.15, 0.2) is 0 Å². The van der Waals surface area contributed by atoms with Crippen LogP contribution in [0.1, 0.15) is 11.6 Å². The molecule has 1 rings (SSSR count). The van der Waals surface area contributed by atoms with Crippen molar-refractivity contribution in [1.29, 1.82) is 0 Å². The molecule has 14 heavy (non-hydrogen) atoms. The van der Waals surface area contributed by atoms with Gasteiger partial charge in [0.1, 0.15) is 11.9 Å². The van der Waals surface area contributed by atoms with E-state index in [1.54, 1.807) is 0 Å². The standard InChI is InChI=1S/C9H9ClFNO2/c1-14-9(13)8(12)5-3-2-4-6(11)7(5)10/h2-4,8H,12H2,1H3/t8-/m0/s1. The molecule has 0 amide bonds. The lowest BCUT2D eigenvalue weighted by Gasteiger charge is -2.11. The van der Waals surface area contributed by atoms with Gasteiger partial charge in [-0.25, -0.2) is 4.39 Å². The zero-order valence-corrected chi connectivity index (χ0v) is 8.22. The van der Waals surface area contributed by atoms with Crippen LogP contribution in [0.4, 0.5) is 4.39 Å². The largest absolute Gasteiger partial charge is 0.468 e. The van der Waals surface area contributed by atoms with Crippen LogP contribution in [0.15, 0.2) is 18.2 Å². The third kappa shape index (κ3) is 2.02. The first-order valence-electron chi connectivity index (χ1n) is 3.85. The van der Waals surface area contributed by atoms with Gasteiger partial charge in [0.25, 0.3) is 0 Å². The van der Waals surface area contributed by atoms with E-state index >= 15 is 0 Å². The number of nitrogens with two attached hydrogens (primary N) is 1. The highest BCUT2D eigenvalue weighted by molar-refractivity contribution is 6.31. The number of carbonyl (C=O) groups excluding carboxylic acids is 1. The zero-order chi connectivity index (χ0) is 10.7. The lowest BCUT2D eigenvalue weighted by atomic mass is 10.1. The SMILES string of the molecule is COC(=O)[C@@H](N)c1cccc(F)c1Cl. The van der Waals surface area contributed by atoms with Gasteiger partial charge in [-0.2, -0.15) is 0 Å². The normalized spacial score (nSPS) is 12.3. The summed E-state index contributed by atoms with van der Waals surface area (Å²) >= 11 is 5.63. The summed E-state index contributed by atoms with van der Waals surface area (Å²) in [6, 6.07) is 3.05. The van der Waals surface area contributed by atoms with E-state index in [1.165, 1.54) is 25.3 Å². The Bertz CT molecular complexity index is 357. The topological polar surface area (TPSA) is 52.3 Å². The average Bonchev–Trinajstić information content (AvgIpc) is 2.20. The molecule has 0 aliphatic heterocycles. The summed E-state index contributed by atoms with van der Waals surface area (Å²) in [5.74, 6) is -1.26. The summed E-state index contributed by atoms with van der Waals surface area (Å²) in [7, 11) is 1.20. The molecule has 0 aromatic heterocycles. The minimum atomic E-state index is -1.05. The van der Waals surface area contributed by atoms with Crippen molar-refractivity contribution >= 4 is 17.6 Å². The highest BCUT2D eigenvalue weighted by Gasteiger charge is 2.20. The Kier molecular flexibility index (Phi) is 3.43. The van der Waals surface area contributed by atoms with E-state index in [-0.39, 0.29) is 10.6 Å². The Morgan fingerprint density at radius 2 is 2.29 bits per heavy atom. The lowest BCUT2D eigenvalue weighted by molar-refractivity contribution is -0.142. The second kappa shape index (κ2) is 4.39. The Morgan fingerprint density at radius 3 is 2.86 bits per heavy atom. The predicted molar refractivity (Wildman–Crippen MR) is 50.4 cm³/mol. The molecule has 0 spiro atoms. The summed E-state index contributed by atoms with van der Waals surface area (Å²) in [5.41, 5.74) is 5.71. The number of ether oxygens (including phenoxy) is 1. The van der Waals surface area contributed by atoms with Crippen molar-refractivity contribution in [2.24, 2.45) is 5.73 Å². The quantitative estimate of drug-likeness (QED) is 0.767. The number of rotatable bonds is 2. The number of halogens is 2. The van der Waals surface area contributed by atoms with Gasteiger partial charge in [-0.1, -0.05) is 23.7 Å². The molecule has 0 aliphatic carbocycles. The molecule has 1 aromatic carbocycles. The summed E-state index contributed by atoms with van der Waals surface area (Å²) in [5, 5.41) is -0.148. The fourth-order valence-electron chi connectivity index (χ4n) is 1.01. The van der Waals surface area contributed by atoms with E-state index in [0.717, 1.165) is 0 Å². The highest BCUT2D eigenvalue weighted by atomic mass is 35.5. The molecule has 0 unspecified atom stereocenters. The van der Waals surface area contributed by atoms with Crippen molar-refractivity contribution in [3.05, 3.63) is 34.6 Å². The van der Waals surface area contributed by atoms with E-state index < -0.39 is 17.8 Å². The first-order chi connectivity index (χ1) is 6.57. The number of hydrogen-bond donors (Lipinski definition) is 1. The summed E-state index contributed by atoms with van der Waals surface area (Å²) in [4.78, 5) is 11.0. The second-order valence-corrected chi connectivity index (χ2v) is 3.02. The molecule has 0 saturated carbocycles. The van der Waals surface area contributed by atoms with E-state index in [4.69, 9.17) is 17.3 Å². The average molecular weight is 218 g/mol. The van der Waals surface area contributed by atoms with Crippen LogP contribution in [0, 0.1) is 5.82 Å². The Hall–Kier alpha value is -1.13. The minimum Gasteiger partial charge on any atom is -0.468 e. The van der Waals surface area contributed by atoms with Crippen molar-refractivity contribution in [3.8, 4) is 0 Å². The fourth-order valence-corrected chi connectivity index (χ4v) is 1.26. The Morgan fingerprint density at radius 1 is 1.64 bits per heavy atom. The van der Waals surface area contributed by atoms with Crippen molar-refractivity contribution in [3.63, 3.8) is 0 Å². The van der Waals surface area contributed by atoms with Crippen LogP contribution in [-0.4, -0.2) is 13.1 Å². The molecule has 5 heteroatoms. The van der Waals surface area contributed by atoms with Crippen molar-refractivity contribution in [2.45, 2.75) is 6.04 Å². The molecule has 1 atom stereocenters. The molecule has 0 saturated heterocycles. The number of hydrogen-bond acceptors (Lipinski definition) is 3. The monoisotopic (exact) mass is 217 g/mol. The number of benzene rings is 1. The third-order valence-electron chi connectivity index (χ3n) is 1.77. The van der Waals surface area contributed by atoms with E-state index in [2.05, 4.69) is 4.74 Å². The van der Waals surface area contributed by atoms with Gasteiger partial charge >= 0.3 is 5.97 Å². The minimum absolute atomic E-state index is 0.148. The maximum atomic E-state index is 13.0. The lowest BCUT2D eigenvalue weighted by Crippen LogP contribution is -2.23. The molecular weight excluding hydrogens is 209 g/mol. The van der Waals surface area contributed by atoms with Crippen molar-refractivity contribution in [1.82, 2.24) is 0 Å². The van der Waals surface area contributed by atoms with Gasteiger partial charge in [0.05, 0.1) is 12.1 Å². The van der Waals surface area contributed by atoms with E-state index in [9.17, 15) is 9.18 Å². The zero-order valence-electron chi connectivity index (χ0n) is 7.46. The van der Waals surface area contributed by atoms with Crippen LogP contribution in [0.5, 0.6) is 0 Å². The van der Waals surface area contributed by atoms with Gasteiger partial charge in [-0.15, -0.1) is 0 Å². The summed E-state index contributed by atoms with van der Waals surface area (Å²) in [6.45, 7) is 0. The van der Waals surface area contributed by atoms with Crippen LogP contribution in [0.2, 0.25) is 5.02 Å². The molecule has 1 aromatic rings. The van der Waals surface area contributed by atoms with Crippen LogP contribution in [-0.2, 0) is 9.53 Å². The first-order valence-corrected chi connectivity index (χ1v) is 4.23. The molecule has 0 heterocycles. The maximum absolute atomic E-state index is 13.0. The Balaban J connectivity index is 3.07. The van der Waals surface area contributed by atoms with Crippen molar-refractivity contribution < 1.29 is 13.9 Å². The predicted octanol–water partition coefficient (Wildman–Crippen LogP) is 1.65. The third-order valence-corrected chi connectivity index (χ3v) is 2.17. The van der Waals surface area contributed by atoms with Crippen LogP contribution >= 0.6 is 11.6 Å². The summed E-state index contributed by atoms with van der Waals surface area (Å²) in [6.07, 6.45) is 0. The number of esters is 1. The van der Waals surface area contributed by atoms with Crippen molar-refractivity contribution in [2.75, 3.05) is 7.11 Å². The molecular formula is C9H9ClFNO2. The maximum Gasteiger partial charge on any atom is 0.327 e. The first kappa shape index (κ1) is 10.9. The molecule has 0 aliphatic rings. The van der Waals surface area contributed by atoms with Crippen LogP contribution in [0.3, 0.4) is 0 Å². The van der Waals surface area contributed by atoms with Crippen LogP contribution in [0.25, 0.3) is 0 Å². The van der Waals surface area contributed by atoms with Crippen LogP contribution < -0.4 is 5.73 Å². The number of carbonyl (C=O) groups is 1. The van der Waals surface area contributed by atoms with Gasteiger partial charge < -0.3 is 10.5 Å². The highest BCUT2D eigenvalue weighted by Crippen LogP contribution is 2.24. The van der Waals surface area contributed by atoms with Gasteiger partial charge in [-0.3, -0.25) is 4.79 Å². The van der Waals surface area contributed by atoms with Gasteiger partial charge in [-0.05, 0) is 6.07 Å². The van der Waals surface area contributed by atoms with E-state index in [0.29, 0.717) is 0 Å². The molecule has 0 radical (unpaired) electrons. The molecule has 0 fully saturated rings. The van der Waals surface area contributed by atoms with E-state index in [1.807, 2.05) is 0 Å². The molecule has 76 valence electrons. The number of methoxy groups -OCH3 is 1. The molecule has 0 bridgehead atoms. The second-order valence-electron chi connectivity index (χ2n) is 2.64. The van der Waals surface area contributed by atoms with Gasteiger partial charge in [0, 0.05) is 5.56 Å². The molecule has 3 nitrogen and oxygen atoms in total.